The van der Waals surface area contributed by atoms with Crippen molar-refractivity contribution in [3.05, 3.63) is 29.8 Å². The van der Waals surface area contributed by atoms with Crippen molar-refractivity contribution in [3.63, 3.8) is 0 Å². The maximum absolute atomic E-state index is 12.3. The molecule has 1 atom stereocenters. The van der Waals surface area contributed by atoms with Crippen LogP contribution in [0, 0.1) is 5.41 Å². The molecule has 1 spiro atoms. The van der Waals surface area contributed by atoms with E-state index >= 15 is 0 Å². The van der Waals surface area contributed by atoms with Gasteiger partial charge in [-0.1, -0.05) is 6.07 Å². The number of carbonyl (C=O) groups is 1. The van der Waals surface area contributed by atoms with E-state index < -0.39 is 0 Å². The number of amides is 1. The van der Waals surface area contributed by atoms with Gasteiger partial charge in [0.15, 0.2) is 5.96 Å². The van der Waals surface area contributed by atoms with E-state index in [0.717, 1.165) is 51.6 Å². The average molecular weight is 374 g/mol. The van der Waals surface area contributed by atoms with E-state index in [4.69, 9.17) is 14.5 Å². The number of aliphatic imine (C=N–C) groups is 1. The van der Waals surface area contributed by atoms with E-state index in [1.165, 1.54) is 0 Å². The lowest BCUT2D eigenvalue weighted by Gasteiger charge is -2.25. The summed E-state index contributed by atoms with van der Waals surface area (Å²) in [5.41, 5.74) is 0.893. The first kappa shape index (κ1) is 19.5. The number of guanidine groups is 1. The Bertz CT molecular complexity index is 671. The fraction of sp³-hybridized carbons (Fsp3) is 0.600. The van der Waals surface area contributed by atoms with Crippen molar-refractivity contribution in [2.24, 2.45) is 10.4 Å². The maximum Gasteiger partial charge on any atom is 0.251 e. The van der Waals surface area contributed by atoms with Crippen LogP contribution in [0.4, 0.5) is 0 Å². The van der Waals surface area contributed by atoms with Gasteiger partial charge in [-0.2, -0.15) is 0 Å². The van der Waals surface area contributed by atoms with Crippen molar-refractivity contribution in [3.8, 4) is 5.75 Å². The first-order chi connectivity index (χ1) is 13.2. The lowest BCUT2D eigenvalue weighted by atomic mass is 9.87. The number of benzene rings is 1. The zero-order valence-corrected chi connectivity index (χ0v) is 16.3. The summed E-state index contributed by atoms with van der Waals surface area (Å²) in [6.07, 6.45) is 2.30. The minimum atomic E-state index is -0.114. The minimum absolute atomic E-state index is 0.114. The fourth-order valence-electron chi connectivity index (χ4n) is 3.71. The summed E-state index contributed by atoms with van der Waals surface area (Å²) in [5.74, 6) is 1.49. The first-order valence-corrected chi connectivity index (χ1v) is 9.69. The van der Waals surface area contributed by atoms with Crippen LogP contribution in [0.15, 0.2) is 29.3 Å². The molecule has 1 amide bonds. The van der Waals surface area contributed by atoms with Gasteiger partial charge in [-0.15, -0.1) is 0 Å². The molecule has 0 aromatic heterocycles. The van der Waals surface area contributed by atoms with Gasteiger partial charge in [0.2, 0.25) is 0 Å². The van der Waals surface area contributed by atoms with E-state index in [-0.39, 0.29) is 5.91 Å². The van der Waals surface area contributed by atoms with Gasteiger partial charge in [0.25, 0.3) is 5.91 Å². The largest absolute Gasteiger partial charge is 0.497 e. The highest BCUT2D eigenvalue weighted by Crippen LogP contribution is 2.38. The van der Waals surface area contributed by atoms with Gasteiger partial charge in [0, 0.05) is 43.8 Å². The summed E-state index contributed by atoms with van der Waals surface area (Å²) in [5, 5.41) is 6.29. The molecular formula is C20H30N4O3. The fourth-order valence-corrected chi connectivity index (χ4v) is 3.71. The van der Waals surface area contributed by atoms with Crippen molar-refractivity contribution >= 4 is 11.9 Å². The summed E-state index contributed by atoms with van der Waals surface area (Å²) in [7, 11) is 1.59. The molecule has 2 fully saturated rings. The van der Waals surface area contributed by atoms with Crippen molar-refractivity contribution < 1.29 is 14.3 Å². The van der Waals surface area contributed by atoms with E-state index in [1.807, 2.05) is 12.1 Å². The van der Waals surface area contributed by atoms with Crippen LogP contribution >= 0.6 is 0 Å². The maximum atomic E-state index is 12.3. The second-order valence-corrected chi connectivity index (χ2v) is 7.20. The Kier molecular flexibility index (Phi) is 6.55. The van der Waals surface area contributed by atoms with Crippen LogP contribution in [-0.4, -0.2) is 69.8 Å². The number of rotatable bonds is 6. The molecule has 3 rings (SSSR count). The Labute approximate surface area is 161 Å². The minimum Gasteiger partial charge on any atom is -0.497 e. The number of methoxy groups -OCH3 is 1. The predicted molar refractivity (Wildman–Crippen MR) is 105 cm³/mol. The van der Waals surface area contributed by atoms with Crippen molar-refractivity contribution in [1.29, 1.82) is 0 Å². The smallest absolute Gasteiger partial charge is 0.251 e. The molecule has 148 valence electrons. The van der Waals surface area contributed by atoms with Gasteiger partial charge in [0.05, 0.1) is 20.3 Å². The SMILES string of the molecule is CCNC(=NCCNC(=O)c1cccc(OC)c1)N1CCC2(CCOC2)C1. The van der Waals surface area contributed by atoms with Gasteiger partial charge in [-0.3, -0.25) is 9.79 Å². The molecule has 1 aromatic rings. The Balaban J connectivity index is 1.51. The molecule has 2 N–H and O–H groups in total. The van der Waals surface area contributed by atoms with Crippen LogP contribution in [0.25, 0.3) is 0 Å². The number of hydrogen-bond donors (Lipinski definition) is 2. The summed E-state index contributed by atoms with van der Waals surface area (Å²) in [4.78, 5) is 19.3. The average Bonchev–Trinajstić information content (AvgIpc) is 3.34. The molecule has 7 nitrogen and oxygen atoms in total. The van der Waals surface area contributed by atoms with Gasteiger partial charge in [-0.05, 0) is 38.0 Å². The summed E-state index contributed by atoms with van der Waals surface area (Å²) < 4.78 is 10.8. The Hall–Kier alpha value is -2.28. The Morgan fingerprint density at radius 2 is 2.26 bits per heavy atom. The number of carbonyl (C=O) groups excluding carboxylic acids is 1. The second kappa shape index (κ2) is 9.08. The van der Waals surface area contributed by atoms with E-state index in [0.29, 0.717) is 29.8 Å². The van der Waals surface area contributed by atoms with Crippen LogP contribution in [0.1, 0.15) is 30.1 Å². The third-order valence-electron chi connectivity index (χ3n) is 5.25. The lowest BCUT2D eigenvalue weighted by Crippen LogP contribution is -2.42. The van der Waals surface area contributed by atoms with Crippen LogP contribution in [-0.2, 0) is 4.74 Å². The predicted octanol–water partition coefficient (Wildman–Crippen LogP) is 1.50. The monoisotopic (exact) mass is 374 g/mol. The van der Waals surface area contributed by atoms with E-state index in [1.54, 1.807) is 19.2 Å². The second-order valence-electron chi connectivity index (χ2n) is 7.20. The molecule has 2 heterocycles. The zero-order chi connectivity index (χ0) is 19.1. The van der Waals surface area contributed by atoms with Crippen LogP contribution in [0.2, 0.25) is 0 Å². The molecule has 27 heavy (non-hydrogen) atoms. The third kappa shape index (κ3) is 4.91. The summed E-state index contributed by atoms with van der Waals surface area (Å²) in [6.45, 7) is 7.67. The molecule has 2 aliphatic rings. The number of nitrogens with zero attached hydrogens (tertiary/aromatic N) is 2. The molecule has 7 heteroatoms. The molecule has 1 unspecified atom stereocenters. The highest BCUT2D eigenvalue weighted by atomic mass is 16.5. The highest BCUT2D eigenvalue weighted by Gasteiger charge is 2.42. The van der Waals surface area contributed by atoms with Gasteiger partial charge < -0.3 is 25.0 Å². The van der Waals surface area contributed by atoms with E-state index in [9.17, 15) is 4.79 Å². The standard InChI is InChI=1S/C20H30N4O3/c1-3-21-19(24-11-7-20(14-24)8-12-27-15-20)23-10-9-22-18(25)16-5-4-6-17(13-16)26-2/h4-6,13H,3,7-12,14-15H2,1-2H3,(H,21,23)(H,22,25). The number of nitrogens with one attached hydrogen (secondary N) is 2. The normalized spacial score (nSPS) is 22.3. The third-order valence-corrected chi connectivity index (χ3v) is 5.25. The van der Waals surface area contributed by atoms with Gasteiger partial charge in [-0.25, -0.2) is 0 Å². The molecular weight excluding hydrogens is 344 g/mol. The van der Waals surface area contributed by atoms with Gasteiger partial charge in [0.1, 0.15) is 5.75 Å². The van der Waals surface area contributed by atoms with Crippen molar-refractivity contribution in [2.75, 3.05) is 53.0 Å². The quantitative estimate of drug-likeness (QED) is 0.448. The molecule has 0 bridgehead atoms. The first-order valence-electron chi connectivity index (χ1n) is 9.69. The zero-order valence-electron chi connectivity index (χ0n) is 16.3. The van der Waals surface area contributed by atoms with E-state index in [2.05, 4.69) is 22.5 Å². The molecule has 2 saturated heterocycles. The van der Waals surface area contributed by atoms with Crippen molar-refractivity contribution in [1.82, 2.24) is 15.5 Å². The van der Waals surface area contributed by atoms with Crippen LogP contribution in [0.5, 0.6) is 5.75 Å². The van der Waals surface area contributed by atoms with Crippen molar-refractivity contribution in [2.45, 2.75) is 19.8 Å². The topological polar surface area (TPSA) is 75.2 Å². The molecule has 0 aliphatic carbocycles. The molecule has 0 saturated carbocycles. The number of hydrogen-bond acceptors (Lipinski definition) is 4. The summed E-state index contributed by atoms with van der Waals surface area (Å²) >= 11 is 0. The highest BCUT2D eigenvalue weighted by molar-refractivity contribution is 5.94. The lowest BCUT2D eigenvalue weighted by molar-refractivity contribution is 0.0954. The Morgan fingerprint density at radius 3 is 3.00 bits per heavy atom. The molecule has 2 aliphatic heterocycles. The van der Waals surface area contributed by atoms with Gasteiger partial charge >= 0.3 is 0 Å². The summed E-state index contributed by atoms with van der Waals surface area (Å²) in [6, 6.07) is 7.14. The number of likely N-dealkylation sites (tertiary alicyclic amines) is 1. The van der Waals surface area contributed by atoms with Crippen LogP contribution in [0.3, 0.4) is 0 Å². The van der Waals surface area contributed by atoms with Crippen LogP contribution < -0.4 is 15.4 Å². The molecule has 1 aromatic carbocycles. The Morgan fingerprint density at radius 1 is 1.37 bits per heavy atom. The number of ether oxygens (including phenoxy) is 2. The molecule has 0 radical (unpaired) electrons.